The molecule has 0 aliphatic rings. The van der Waals surface area contributed by atoms with Crippen LogP contribution >= 0.6 is 0 Å². The molecular weight excluding hydrogens is 310 g/mol. The van der Waals surface area contributed by atoms with Crippen LogP contribution in [0.25, 0.3) is 0 Å². The number of aryl methyl sites for hydroxylation is 1. The molecule has 0 unspecified atom stereocenters. The molecule has 134 valence electrons. The topological polar surface area (TPSA) is 84.9 Å². The standard InChI is InChI=1S/C18H27NO5/c1-18(2,3)24-17(22)19-11-5-8-14-7-4-9-15(13-14)23-12-6-10-16(20)21/h4,7,9,13H,5-6,8,10-12H2,1-3H3,(H,19,22)(H,20,21). The predicted molar refractivity (Wildman–Crippen MR) is 91.4 cm³/mol. The van der Waals surface area contributed by atoms with E-state index in [0.717, 1.165) is 24.2 Å². The second-order valence-electron chi connectivity index (χ2n) is 6.53. The van der Waals surface area contributed by atoms with Crippen LogP contribution in [0.2, 0.25) is 0 Å². The van der Waals surface area contributed by atoms with E-state index < -0.39 is 17.7 Å². The highest BCUT2D eigenvalue weighted by Crippen LogP contribution is 2.15. The van der Waals surface area contributed by atoms with Crippen LogP contribution in [0.15, 0.2) is 24.3 Å². The number of carboxylic acids is 1. The van der Waals surface area contributed by atoms with E-state index in [2.05, 4.69) is 5.32 Å². The Labute approximate surface area is 143 Å². The Morgan fingerprint density at radius 3 is 2.62 bits per heavy atom. The summed E-state index contributed by atoms with van der Waals surface area (Å²) in [5, 5.41) is 11.3. The van der Waals surface area contributed by atoms with Crippen molar-refractivity contribution < 1.29 is 24.2 Å². The fraction of sp³-hybridized carbons (Fsp3) is 0.556. The van der Waals surface area contributed by atoms with Crippen molar-refractivity contribution in [1.82, 2.24) is 5.32 Å². The monoisotopic (exact) mass is 337 g/mol. The van der Waals surface area contributed by atoms with Gasteiger partial charge in [0.25, 0.3) is 0 Å². The predicted octanol–water partition coefficient (Wildman–Crippen LogP) is 3.39. The molecule has 0 spiro atoms. The summed E-state index contributed by atoms with van der Waals surface area (Å²) in [7, 11) is 0. The summed E-state index contributed by atoms with van der Waals surface area (Å²) in [5.41, 5.74) is 0.618. The summed E-state index contributed by atoms with van der Waals surface area (Å²) in [6.45, 7) is 6.41. The van der Waals surface area contributed by atoms with E-state index in [1.807, 2.05) is 45.0 Å². The lowest BCUT2D eigenvalue weighted by Crippen LogP contribution is -2.33. The Morgan fingerprint density at radius 1 is 1.21 bits per heavy atom. The van der Waals surface area contributed by atoms with E-state index in [-0.39, 0.29) is 6.42 Å². The number of aliphatic carboxylic acids is 1. The third-order valence-electron chi connectivity index (χ3n) is 3.01. The second kappa shape index (κ2) is 9.80. The van der Waals surface area contributed by atoms with Gasteiger partial charge >= 0.3 is 12.1 Å². The van der Waals surface area contributed by atoms with Gasteiger partial charge in [0.05, 0.1) is 6.61 Å². The number of rotatable bonds is 9. The van der Waals surface area contributed by atoms with Gasteiger partial charge in [-0.3, -0.25) is 4.79 Å². The second-order valence-corrected chi connectivity index (χ2v) is 6.53. The van der Waals surface area contributed by atoms with Crippen LogP contribution in [-0.2, 0) is 16.0 Å². The maximum absolute atomic E-state index is 11.5. The van der Waals surface area contributed by atoms with E-state index in [4.69, 9.17) is 14.6 Å². The van der Waals surface area contributed by atoms with E-state index in [1.165, 1.54) is 0 Å². The Bertz CT molecular complexity index is 536. The van der Waals surface area contributed by atoms with Crippen molar-refractivity contribution in [2.45, 2.75) is 52.1 Å². The first-order chi connectivity index (χ1) is 11.3. The van der Waals surface area contributed by atoms with Crippen LogP contribution in [-0.4, -0.2) is 35.9 Å². The first-order valence-corrected chi connectivity index (χ1v) is 8.16. The summed E-state index contributed by atoms with van der Waals surface area (Å²) in [4.78, 5) is 22.0. The van der Waals surface area contributed by atoms with Crippen molar-refractivity contribution in [1.29, 1.82) is 0 Å². The normalized spacial score (nSPS) is 11.0. The molecule has 0 aliphatic heterocycles. The molecule has 0 saturated carbocycles. The van der Waals surface area contributed by atoms with Crippen molar-refractivity contribution >= 4 is 12.1 Å². The van der Waals surface area contributed by atoms with Crippen molar-refractivity contribution in [2.75, 3.05) is 13.2 Å². The third-order valence-corrected chi connectivity index (χ3v) is 3.01. The average molecular weight is 337 g/mol. The molecule has 0 bridgehead atoms. The number of hydrogen-bond acceptors (Lipinski definition) is 4. The summed E-state index contributed by atoms with van der Waals surface area (Å²) in [6.07, 6.45) is 1.79. The molecule has 0 atom stereocenters. The highest BCUT2D eigenvalue weighted by molar-refractivity contribution is 5.67. The lowest BCUT2D eigenvalue weighted by atomic mass is 10.1. The Kier molecular flexibility index (Phi) is 8.09. The Hall–Kier alpha value is -2.24. The van der Waals surface area contributed by atoms with Crippen molar-refractivity contribution in [3.63, 3.8) is 0 Å². The first kappa shape index (κ1) is 19.8. The van der Waals surface area contributed by atoms with Crippen LogP contribution in [0.5, 0.6) is 5.75 Å². The molecule has 0 heterocycles. The maximum Gasteiger partial charge on any atom is 0.407 e. The molecule has 6 heteroatoms. The van der Waals surface area contributed by atoms with Crippen LogP contribution in [0.4, 0.5) is 4.79 Å². The summed E-state index contributed by atoms with van der Waals surface area (Å²) in [5.74, 6) is -0.0807. The van der Waals surface area contributed by atoms with Gasteiger partial charge in [-0.1, -0.05) is 12.1 Å². The van der Waals surface area contributed by atoms with Gasteiger partial charge in [-0.25, -0.2) is 4.79 Å². The van der Waals surface area contributed by atoms with Crippen LogP contribution in [0.1, 0.15) is 45.6 Å². The number of amides is 1. The van der Waals surface area contributed by atoms with Gasteiger partial charge in [-0.15, -0.1) is 0 Å². The molecule has 1 aromatic rings. The van der Waals surface area contributed by atoms with E-state index in [0.29, 0.717) is 19.6 Å². The lowest BCUT2D eigenvalue weighted by Gasteiger charge is -2.19. The van der Waals surface area contributed by atoms with Gasteiger partial charge in [0.1, 0.15) is 11.4 Å². The van der Waals surface area contributed by atoms with Gasteiger partial charge in [-0.2, -0.15) is 0 Å². The minimum Gasteiger partial charge on any atom is -0.494 e. The molecule has 0 fully saturated rings. The minimum atomic E-state index is -0.815. The van der Waals surface area contributed by atoms with Gasteiger partial charge in [-0.05, 0) is 57.7 Å². The fourth-order valence-electron chi connectivity index (χ4n) is 2.00. The van der Waals surface area contributed by atoms with Crippen molar-refractivity contribution in [3.05, 3.63) is 29.8 Å². The number of alkyl carbamates (subject to hydrolysis) is 1. The number of hydrogen-bond donors (Lipinski definition) is 2. The minimum absolute atomic E-state index is 0.107. The molecule has 0 aromatic heterocycles. The average Bonchev–Trinajstić information content (AvgIpc) is 2.47. The number of benzene rings is 1. The van der Waals surface area contributed by atoms with Gasteiger partial charge in [0.2, 0.25) is 0 Å². The lowest BCUT2D eigenvalue weighted by molar-refractivity contribution is -0.137. The molecule has 0 saturated heterocycles. The van der Waals surface area contributed by atoms with Gasteiger partial charge < -0.3 is 19.9 Å². The van der Waals surface area contributed by atoms with Crippen LogP contribution in [0, 0.1) is 0 Å². The zero-order valence-corrected chi connectivity index (χ0v) is 14.6. The van der Waals surface area contributed by atoms with Gasteiger partial charge in [0.15, 0.2) is 0 Å². The zero-order chi connectivity index (χ0) is 18.0. The number of carbonyl (C=O) groups is 2. The Morgan fingerprint density at radius 2 is 1.96 bits per heavy atom. The molecule has 6 nitrogen and oxygen atoms in total. The molecule has 1 aromatic carbocycles. The maximum atomic E-state index is 11.5. The third kappa shape index (κ3) is 9.71. The van der Waals surface area contributed by atoms with E-state index in [9.17, 15) is 9.59 Å². The van der Waals surface area contributed by atoms with Crippen molar-refractivity contribution in [3.8, 4) is 5.75 Å². The van der Waals surface area contributed by atoms with Crippen LogP contribution < -0.4 is 10.1 Å². The number of ether oxygens (including phenoxy) is 2. The quantitative estimate of drug-likeness (QED) is 0.675. The molecule has 1 amide bonds. The number of carboxylic acid groups (broad SMARTS) is 1. The molecular formula is C18H27NO5. The largest absolute Gasteiger partial charge is 0.494 e. The molecule has 0 aliphatic carbocycles. The smallest absolute Gasteiger partial charge is 0.407 e. The Balaban J connectivity index is 2.27. The summed E-state index contributed by atoms with van der Waals surface area (Å²) in [6, 6.07) is 7.69. The molecule has 2 N–H and O–H groups in total. The highest BCUT2D eigenvalue weighted by Gasteiger charge is 2.15. The SMILES string of the molecule is CC(C)(C)OC(=O)NCCCc1cccc(OCCCC(=O)O)c1. The van der Waals surface area contributed by atoms with Crippen molar-refractivity contribution in [2.24, 2.45) is 0 Å². The molecule has 24 heavy (non-hydrogen) atoms. The highest BCUT2D eigenvalue weighted by atomic mass is 16.6. The summed E-state index contributed by atoms with van der Waals surface area (Å²) < 4.78 is 10.7. The van der Waals surface area contributed by atoms with E-state index in [1.54, 1.807) is 0 Å². The first-order valence-electron chi connectivity index (χ1n) is 8.16. The number of carbonyl (C=O) groups excluding carboxylic acids is 1. The molecule has 1 rings (SSSR count). The van der Waals surface area contributed by atoms with E-state index >= 15 is 0 Å². The summed E-state index contributed by atoms with van der Waals surface area (Å²) >= 11 is 0. The fourth-order valence-corrected chi connectivity index (χ4v) is 2.00. The molecule has 0 radical (unpaired) electrons. The van der Waals surface area contributed by atoms with Gasteiger partial charge in [0, 0.05) is 13.0 Å². The van der Waals surface area contributed by atoms with Crippen LogP contribution in [0.3, 0.4) is 0 Å². The zero-order valence-electron chi connectivity index (χ0n) is 14.6. The number of nitrogens with one attached hydrogen (secondary N) is 1.